The molecular weight excluding hydrogens is 218 g/mol. The standard InChI is InChI=1S/C17H27N/c1-13(2)15-8-6-14(7-9-15)12-17(18)11-5-10-16(17,3)4/h6-9,13H,5,10-12,18H2,1-4H3. The Kier molecular flexibility index (Phi) is 3.55. The minimum Gasteiger partial charge on any atom is -0.324 e. The van der Waals surface area contributed by atoms with Gasteiger partial charge in [0.1, 0.15) is 0 Å². The van der Waals surface area contributed by atoms with E-state index in [4.69, 9.17) is 5.73 Å². The summed E-state index contributed by atoms with van der Waals surface area (Å²) in [5.41, 5.74) is 9.71. The fraction of sp³-hybridized carbons (Fsp3) is 0.647. The Morgan fingerprint density at radius 2 is 1.72 bits per heavy atom. The molecule has 2 N–H and O–H groups in total. The van der Waals surface area contributed by atoms with Crippen LogP contribution in [0.4, 0.5) is 0 Å². The van der Waals surface area contributed by atoms with Crippen molar-refractivity contribution < 1.29 is 0 Å². The zero-order valence-electron chi connectivity index (χ0n) is 12.3. The van der Waals surface area contributed by atoms with Gasteiger partial charge in [0.2, 0.25) is 0 Å². The molecule has 100 valence electrons. The van der Waals surface area contributed by atoms with Crippen molar-refractivity contribution in [1.82, 2.24) is 0 Å². The van der Waals surface area contributed by atoms with Crippen molar-refractivity contribution in [2.24, 2.45) is 11.1 Å². The lowest BCUT2D eigenvalue weighted by atomic mass is 9.72. The molecule has 0 amide bonds. The maximum Gasteiger partial charge on any atom is 0.0246 e. The molecule has 1 aliphatic carbocycles. The third-order valence-corrected chi connectivity index (χ3v) is 4.94. The van der Waals surface area contributed by atoms with E-state index in [-0.39, 0.29) is 11.0 Å². The average molecular weight is 245 g/mol. The highest BCUT2D eigenvalue weighted by atomic mass is 14.8. The Labute approximate surface area is 112 Å². The molecule has 1 atom stereocenters. The molecule has 18 heavy (non-hydrogen) atoms. The second kappa shape index (κ2) is 4.70. The first-order chi connectivity index (χ1) is 8.34. The second-order valence-corrected chi connectivity index (χ2v) is 6.97. The summed E-state index contributed by atoms with van der Waals surface area (Å²) >= 11 is 0. The molecule has 0 heterocycles. The highest BCUT2D eigenvalue weighted by Crippen LogP contribution is 2.45. The highest BCUT2D eigenvalue weighted by molar-refractivity contribution is 5.27. The van der Waals surface area contributed by atoms with E-state index in [0.29, 0.717) is 5.92 Å². The average Bonchev–Trinajstić information content (AvgIpc) is 2.54. The Morgan fingerprint density at radius 3 is 2.17 bits per heavy atom. The van der Waals surface area contributed by atoms with E-state index < -0.39 is 0 Å². The minimum absolute atomic E-state index is 0.0215. The lowest BCUT2D eigenvalue weighted by molar-refractivity contribution is 0.207. The summed E-state index contributed by atoms with van der Waals surface area (Å²) in [7, 11) is 0. The molecule has 1 fully saturated rings. The van der Waals surface area contributed by atoms with Crippen molar-refractivity contribution in [3.8, 4) is 0 Å². The van der Waals surface area contributed by atoms with Gasteiger partial charge in [0.25, 0.3) is 0 Å². The number of hydrogen-bond donors (Lipinski definition) is 1. The van der Waals surface area contributed by atoms with Crippen LogP contribution in [0.3, 0.4) is 0 Å². The van der Waals surface area contributed by atoms with Crippen molar-refractivity contribution in [2.75, 3.05) is 0 Å². The number of nitrogens with two attached hydrogens (primary N) is 1. The topological polar surface area (TPSA) is 26.0 Å². The molecule has 0 aliphatic heterocycles. The van der Waals surface area contributed by atoms with Crippen molar-refractivity contribution in [3.05, 3.63) is 35.4 Å². The van der Waals surface area contributed by atoms with E-state index in [9.17, 15) is 0 Å². The third-order valence-electron chi connectivity index (χ3n) is 4.94. The molecule has 1 aliphatic rings. The van der Waals surface area contributed by atoms with Gasteiger partial charge in [-0.25, -0.2) is 0 Å². The van der Waals surface area contributed by atoms with Crippen molar-refractivity contribution in [1.29, 1.82) is 0 Å². The molecule has 1 saturated carbocycles. The maximum atomic E-state index is 6.67. The van der Waals surface area contributed by atoms with Crippen molar-refractivity contribution >= 4 is 0 Å². The van der Waals surface area contributed by atoms with Gasteiger partial charge >= 0.3 is 0 Å². The van der Waals surface area contributed by atoms with Gasteiger partial charge in [0, 0.05) is 5.54 Å². The Balaban J connectivity index is 2.14. The Bertz CT molecular complexity index is 402. The lowest BCUT2D eigenvalue weighted by Gasteiger charge is -2.38. The predicted molar refractivity (Wildman–Crippen MR) is 78.8 cm³/mol. The zero-order valence-corrected chi connectivity index (χ0v) is 12.3. The van der Waals surface area contributed by atoms with E-state index in [2.05, 4.69) is 52.0 Å². The highest BCUT2D eigenvalue weighted by Gasteiger charge is 2.45. The van der Waals surface area contributed by atoms with Crippen LogP contribution in [0.25, 0.3) is 0 Å². The summed E-state index contributed by atoms with van der Waals surface area (Å²) in [5.74, 6) is 0.605. The Morgan fingerprint density at radius 1 is 1.11 bits per heavy atom. The summed E-state index contributed by atoms with van der Waals surface area (Å²) in [4.78, 5) is 0. The van der Waals surface area contributed by atoms with Gasteiger partial charge in [-0.1, -0.05) is 58.4 Å². The number of rotatable bonds is 3. The summed E-state index contributed by atoms with van der Waals surface area (Å²) in [5, 5.41) is 0. The molecule has 0 bridgehead atoms. The molecule has 0 spiro atoms. The van der Waals surface area contributed by atoms with Gasteiger partial charge in [-0.2, -0.15) is 0 Å². The smallest absolute Gasteiger partial charge is 0.0246 e. The van der Waals surface area contributed by atoms with Gasteiger partial charge in [-0.15, -0.1) is 0 Å². The van der Waals surface area contributed by atoms with Crippen LogP contribution in [0.2, 0.25) is 0 Å². The molecule has 1 unspecified atom stereocenters. The SMILES string of the molecule is CC(C)c1ccc(CC2(N)CCCC2(C)C)cc1. The van der Waals surface area contributed by atoms with Gasteiger partial charge in [0.15, 0.2) is 0 Å². The summed E-state index contributed by atoms with van der Waals surface area (Å²) in [6.45, 7) is 9.12. The van der Waals surface area contributed by atoms with E-state index in [0.717, 1.165) is 12.8 Å². The summed E-state index contributed by atoms with van der Waals surface area (Å²) in [6, 6.07) is 9.04. The molecule has 0 saturated heterocycles. The molecule has 1 heteroatoms. The third kappa shape index (κ3) is 2.47. The predicted octanol–water partition coefficient (Wildman–Crippen LogP) is 4.26. The fourth-order valence-corrected chi connectivity index (χ4v) is 3.15. The number of hydrogen-bond acceptors (Lipinski definition) is 1. The molecular formula is C17H27N. The normalized spacial score (nSPS) is 26.8. The van der Waals surface area contributed by atoms with Gasteiger partial charge < -0.3 is 5.73 Å². The van der Waals surface area contributed by atoms with E-state index >= 15 is 0 Å². The Hall–Kier alpha value is -0.820. The summed E-state index contributed by atoms with van der Waals surface area (Å²) in [6.07, 6.45) is 4.70. The first-order valence-electron chi connectivity index (χ1n) is 7.22. The lowest BCUT2D eigenvalue weighted by Crippen LogP contribution is -2.50. The van der Waals surface area contributed by atoms with Crippen LogP contribution in [0.5, 0.6) is 0 Å². The van der Waals surface area contributed by atoms with Crippen molar-refractivity contribution in [3.63, 3.8) is 0 Å². The van der Waals surface area contributed by atoms with E-state index in [1.165, 1.54) is 24.0 Å². The monoisotopic (exact) mass is 245 g/mol. The molecule has 1 aromatic rings. The fourth-order valence-electron chi connectivity index (χ4n) is 3.15. The molecule has 0 radical (unpaired) electrons. The zero-order chi connectivity index (χ0) is 13.4. The molecule has 2 rings (SSSR count). The van der Waals surface area contributed by atoms with Gasteiger partial charge in [-0.05, 0) is 41.7 Å². The molecule has 0 aromatic heterocycles. The molecule has 1 aromatic carbocycles. The molecule has 1 nitrogen and oxygen atoms in total. The second-order valence-electron chi connectivity index (χ2n) is 6.97. The van der Waals surface area contributed by atoms with E-state index in [1.54, 1.807) is 0 Å². The van der Waals surface area contributed by atoms with Crippen LogP contribution < -0.4 is 5.73 Å². The van der Waals surface area contributed by atoms with Crippen LogP contribution in [0.15, 0.2) is 24.3 Å². The van der Waals surface area contributed by atoms with Crippen LogP contribution in [0, 0.1) is 5.41 Å². The summed E-state index contributed by atoms with van der Waals surface area (Å²) < 4.78 is 0. The first kappa shape index (κ1) is 13.6. The first-order valence-corrected chi connectivity index (χ1v) is 7.22. The van der Waals surface area contributed by atoms with Crippen LogP contribution in [-0.2, 0) is 6.42 Å². The van der Waals surface area contributed by atoms with Gasteiger partial charge in [-0.3, -0.25) is 0 Å². The number of benzene rings is 1. The van der Waals surface area contributed by atoms with Crippen LogP contribution in [0.1, 0.15) is 64.0 Å². The minimum atomic E-state index is -0.0215. The van der Waals surface area contributed by atoms with Gasteiger partial charge in [0.05, 0.1) is 0 Å². The van der Waals surface area contributed by atoms with E-state index in [1.807, 2.05) is 0 Å². The quantitative estimate of drug-likeness (QED) is 0.846. The van der Waals surface area contributed by atoms with Crippen LogP contribution in [-0.4, -0.2) is 5.54 Å². The largest absolute Gasteiger partial charge is 0.324 e. The maximum absolute atomic E-state index is 6.67. The van der Waals surface area contributed by atoms with Crippen molar-refractivity contribution in [2.45, 2.75) is 64.8 Å². The van der Waals surface area contributed by atoms with Crippen LogP contribution >= 0.6 is 0 Å².